The predicted molar refractivity (Wildman–Crippen MR) is 239 cm³/mol. The van der Waals surface area contributed by atoms with Crippen LogP contribution in [0, 0.1) is 0 Å². The maximum Gasteiger partial charge on any atom is 0.163 e. The number of benzene rings is 7. The molecule has 12 rings (SSSR count). The molecule has 0 N–H and O–H groups in total. The lowest BCUT2D eigenvalue weighted by molar-refractivity contribution is 0.660. The van der Waals surface area contributed by atoms with Crippen molar-refractivity contribution < 1.29 is 0 Å². The van der Waals surface area contributed by atoms with Crippen LogP contribution in [-0.2, 0) is 18.3 Å². The molecular formula is C53H37N3S. The molecular weight excluding hydrogens is 711 g/mol. The summed E-state index contributed by atoms with van der Waals surface area (Å²) in [6, 6.07) is 48.9. The van der Waals surface area contributed by atoms with Crippen LogP contribution in [0.5, 0.6) is 0 Å². The largest absolute Gasteiger partial charge is 0.213 e. The molecule has 7 aromatic carbocycles. The van der Waals surface area contributed by atoms with Crippen molar-refractivity contribution in [3.63, 3.8) is 0 Å². The Morgan fingerprint density at radius 1 is 0.579 bits per heavy atom. The van der Waals surface area contributed by atoms with Gasteiger partial charge in [-0.25, -0.2) is 15.0 Å². The van der Waals surface area contributed by atoms with Gasteiger partial charge in [-0.15, -0.1) is 11.3 Å². The van der Waals surface area contributed by atoms with E-state index in [9.17, 15) is 0 Å². The van der Waals surface area contributed by atoms with E-state index in [2.05, 4.69) is 147 Å². The minimum absolute atomic E-state index is 0.116. The fraction of sp³-hybridized carbons (Fsp3) is 0.113. The Hall–Kier alpha value is -6.49. The molecule has 0 fully saturated rings. The van der Waals surface area contributed by atoms with Crippen molar-refractivity contribution >= 4 is 53.9 Å². The third kappa shape index (κ3) is 5.00. The molecule has 0 radical (unpaired) electrons. The summed E-state index contributed by atoms with van der Waals surface area (Å²) in [7, 11) is 0. The number of rotatable bonds is 5. The molecule has 0 saturated heterocycles. The highest BCUT2D eigenvalue weighted by Crippen LogP contribution is 2.50. The zero-order chi connectivity index (χ0) is 37.8. The summed E-state index contributed by atoms with van der Waals surface area (Å²) in [5, 5.41) is 5.34. The summed E-state index contributed by atoms with van der Waals surface area (Å²) in [6.45, 7) is 4.64. The molecule has 0 unspecified atom stereocenters. The third-order valence-corrected chi connectivity index (χ3v) is 13.8. The van der Waals surface area contributed by atoms with Crippen LogP contribution >= 0.6 is 11.3 Å². The molecule has 0 saturated carbocycles. The summed E-state index contributed by atoms with van der Waals surface area (Å²) in [4.78, 5) is 15.5. The quantitative estimate of drug-likeness (QED) is 0.176. The molecule has 0 atom stereocenters. The summed E-state index contributed by atoms with van der Waals surface area (Å²) in [5.41, 5.74) is 16.6. The fourth-order valence-corrected chi connectivity index (χ4v) is 11.0. The van der Waals surface area contributed by atoms with E-state index < -0.39 is 0 Å². The minimum Gasteiger partial charge on any atom is -0.213 e. The molecule has 3 aliphatic carbocycles. The third-order valence-electron chi connectivity index (χ3n) is 12.6. The van der Waals surface area contributed by atoms with Crippen molar-refractivity contribution in [2.45, 2.75) is 38.5 Å². The Kier molecular flexibility index (Phi) is 7.03. The number of aromatic nitrogens is 3. The van der Waals surface area contributed by atoms with Gasteiger partial charge in [0.1, 0.15) is 5.82 Å². The molecule has 0 amide bonds. The standard InChI is InChI=1S/C53H37N3S/c1-53(2)43-16-7-6-15-39(43)40-25-22-37(29-44(40)53)52-55-47(54-51(56-52)34-10-4-3-5-11-34)30-36-14-9-17-46-49(36)42-28-35(23-27-45(42)57-46)38-24-20-33-19-18-31-12-8-13-32-21-26-41(38)50(33)48(31)32/h3-11,13-18,20-29H,12,19,30H2,1-2H3. The smallest absolute Gasteiger partial charge is 0.163 e. The van der Waals surface area contributed by atoms with Gasteiger partial charge in [-0.2, -0.15) is 0 Å². The van der Waals surface area contributed by atoms with E-state index in [1.807, 2.05) is 29.5 Å². The zero-order valence-electron chi connectivity index (χ0n) is 31.8. The lowest BCUT2D eigenvalue weighted by Crippen LogP contribution is -2.15. The van der Waals surface area contributed by atoms with E-state index >= 15 is 0 Å². The zero-order valence-corrected chi connectivity index (χ0v) is 32.6. The van der Waals surface area contributed by atoms with Gasteiger partial charge < -0.3 is 0 Å². The van der Waals surface area contributed by atoms with Crippen molar-refractivity contribution in [3.8, 4) is 45.0 Å². The molecule has 0 aliphatic heterocycles. The van der Waals surface area contributed by atoms with Crippen LogP contribution in [0.4, 0.5) is 0 Å². The van der Waals surface area contributed by atoms with Gasteiger partial charge in [0.2, 0.25) is 0 Å². The van der Waals surface area contributed by atoms with E-state index in [-0.39, 0.29) is 5.41 Å². The number of allylic oxidation sites excluding steroid dienone is 3. The molecule has 2 aromatic heterocycles. The number of hydrogen-bond acceptors (Lipinski definition) is 4. The molecule has 2 heterocycles. The Balaban J connectivity index is 0.988. The van der Waals surface area contributed by atoms with E-state index in [0.717, 1.165) is 29.8 Å². The van der Waals surface area contributed by atoms with E-state index in [1.54, 1.807) is 0 Å². The van der Waals surface area contributed by atoms with E-state index in [0.29, 0.717) is 18.1 Å². The lowest BCUT2D eigenvalue weighted by atomic mass is 9.80. The summed E-state index contributed by atoms with van der Waals surface area (Å²) in [5.74, 6) is 2.17. The molecule has 57 heavy (non-hydrogen) atoms. The van der Waals surface area contributed by atoms with Gasteiger partial charge in [0.15, 0.2) is 11.6 Å². The van der Waals surface area contributed by atoms with E-state index in [1.165, 1.54) is 92.2 Å². The Morgan fingerprint density at radius 3 is 2.30 bits per heavy atom. The highest BCUT2D eigenvalue weighted by Gasteiger charge is 2.35. The van der Waals surface area contributed by atoms with Gasteiger partial charge in [0.25, 0.3) is 0 Å². The van der Waals surface area contributed by atoms with Crippen LogP contribution in [-0.4, -0.2) is 15.0 Å². The topological polar surface area (TPSA) is 38.7 Å². The van der Waals surface area contributed by atoms with Gasteiger partial charge in [0, 0.05) is 43.1 Å². The second kappa shape index (κ2) is 12.3. The molecule has 0 spiro atoms. The Morgan fingerprint density at radius 2 is 1.39 bits per heavy atom. The normalized spacial score (nSPS) is 14.6. The van der Waals surface area contributed by atoms with Gasteiger partial charge >= 0.3 is 0 Å². The van der Waals surface area contributed by atoms with Crippen LogP contribution < -0.4 is 0 Å². The summed E-state index contributed by atoms with van der Waals surface area (Å²) < 4.78 is 2.57. The van der Waals surface area contributed by atoms with Gasteiger partial charge in [-0.05, 0) is 109 Å². The lowest BCUT2D eigenvalue weighted by Gasteiger charge is -2.24. The first kappa shape index (κ1) is 32.7. The first-order chi connectivity index (χ1) is 28.0. The Bertz CT molecular complexity index is 3240. The number of fused-ring (bicyclic) bond motifs is 6. The van der Waals surface area contributed by atoms with Crippen LogP contribution in [0.15, 0.2) is 146 Å². The van der Waals surface area contributed by atoms with E-state index in [4.69, 9.17) is 15.0 Å². The van der Waals surface area contributed by atoms with Crippen molar-refractivity contribution in [2.75, 3.05) is 0 Å². The molecule has 270 valence electrons. The summed E-state index contributed by atoms with van der Waals surface area (Å²) in [6.07, 6.45) is 9.63. The molecule has 3 nitrogen and oxygen atoms in total. The maximum atomic E-state index is 5.24. The van der Waals surface area contributed by atoms with Gasteiger partial charge in [-0.3, -0.25) is 0 Å². The monoisotopic (exact) mass is 747 g/mol. The second-order valence-electron chi connectivity index (χ2n) is 16.2. The molecule has 0 bridgehead atoms. The number of nitrogens with zero attached hydrogens (tertiary/aromatic N) is 3. The highest BCUT2D eigenvalue weighted by atomic mass is 32.1. The molecule has 4 heteroatoms. The number of hydrogen-bond donors (Lipinski definition) is 0. The fourth-order valence-electron chi connectivity index (χ4n) is 9.85. The van der Waals surface area contributed by atoms with Crippen LogP contribution in [0.1, 0.15) is 59.5 Å². The van der Waals surface area contributed by atoms with Gasteiger partial charge in [0.05, 0.1) is 0 Å². The van der Waals surface area contributed by atoms with Crippen molar-refractivity contribution in [1.82, 2.24) is 15.0 Å². The van der Waals surface area contributed by atoms with Crippen LogP contribution in [0.25, 0.3) is 87.6 Å². The van der Waals surface area contributed by atoms with Crippen molar-refractivity contribution in [3.05, 3.63) is 185 Å². The predicted octanol–water partition coefficient (Wildman–Crippen LogP) is 13.6. The van der Waals surface area contributed by atoms with Crippen LogP contribution in [0.3, 0.4) is 0 Å². The van der Waals surface area contributed by atoms with Gasteiger partial charge in [-0.1, -0.05) is 141 Å². The first-order valence-electron chi connectivity index (χ1n) is 19.9. The van der Waals surface area contributed by atoms with Crippen molar-refractivity contribution in [2.24, 2.45) is 0 Å². The SMILES string of the molecule is CC1(C)c2ccccc2-c2ccc(-c3nc(Cc4cccc5sc6ccc(-c7ccc8c9c%10c(ccc79)C=CCC%10=CC8)cc6c45)nc(-c4ccccc4)n3)cc21. The molecule has 9 aromatic rings. The average Bonchev–Trinajstić information content (AvgIpc) is 3.74. The second-order valence-corrected chi connectivity index (χ2v) is 17.3. The summed E-state index contributed by atoms with van der Waals surface area (Å²) >= 11 is 1.86. The highest BCUT2D eigenvalue weighted by molar-refractivity contribution is 7.25. The van der Waals surface area contributed by atoms with Crippen molar-refractivity contribution in [1.29, 1.82) is 0 Å². The minimum atomic E-state index is -0.116. The maximum absolute atomic E-state index is 5.24. The van der Waals surface area contributed by atoms with Crippen LogP contribution in [0.2, 0.25) is 0 Å². The first-order valence-corrected chi connectivity index (χ1v) is 20.7. The average molecular weight is 748 g/mol. The molecule has 3 aliphatic rings. The number of thiophene rings is 1. The Labute approximate surface area is 335 Å².